The van der Waals surface area contributed by atoms with Gasteiger partial charge < -0.3 is 14.2 Å². The smallest absolute Gasteiger partial charge is 0.291 e. The molecule has 0 unspecified atom stereocenters. The Kier molecular flexibility index (Phi) is 4.58. The minimum absolute atomic E-state index is 0.232. The van der Waals surface area contributed by atoms with Crippen molar-refractivity contribution < 1.29 is 13.6 Å². The second-order valence-corrected chi connectivity index (χ2v) is 7.32. The van der Waals surface area contributed by atoms with Crippen LogP contribution < -0.4 is 5.32 Å². The first-order chi connectivity index (χ1) is 13.0. The minimum Gasteiger partial charge on any atom is -0.444 e. The van der Waals surface area contributed by atoms with Gasteiger partial charge in [0.25, 0.3) is 5.91 Å². The summed E-state index contributed by atoms with van der Waals surface area (Å²) in [6.45, 7) is 4.29. The van der Waals surface area contributed by atoms with E-state index in [-0.39, 0.29) is 11.7 Å². The molecule has 0 aliphatic carbocycles. The molecule has 136 valence electrons. The number of benzene rings is 2. The number of carbonyl (C=O) groups excluding carboxylic acids is 1. The van der Waals surface area contributed by atoms with Gasteiger partial charge in [-0.25, -0.2) is 4.98 Å². The van der Waals surface area contributed by atoms with E-state index in [1.807, 2.05) is 30.3 Å². The monoisotopic (exact) mass is 424 g/mol. The predicted octanol–water partition coefficient (Wildman–Crippen LogP) is 6.23. The average molecular weight is 425 g/mol. The predicted molar refractivity (Wildman–Crippen MR) is 108 cm³/mol. The van der Waals surface area contributed by atoms with Crippen LogP contribution in [0.1, 0.15) is 35.9 Å². The third-order valence-corrected chi connectivity index (χ3v) is 4.67. The Balaban J connectivity index is 1.62. The van der Waals surface area contributed by atoms with E-state index in [9.17, 15) is 4.79 Å². The highest BCUT2D eigenvalue weighted by Crippen LogP contribution is 2.28. The number of rotatable bonds is 4. The number of furan rings is 1. The minimum atomic E-state index is -0.322. The number of carbonyl (C=O) groups is 1. The van der Waals surface area contributed by atoms with E-state index in [0.717, 1.165) is 16.7 Å². The van der Waals surface area contributed by atoms with Gasteiger partial charge in [-0.15, -0.1) is 0 Å². The fourth-order valence-corrected chi connectivity index (χ4v) is 3.09. The van der Waals surface area contributed by atoms with E-state index in [1.165, 1.54) is 5.56 Å². The highest BCUT2D eigenvalue weighted by atomic mass is 79.9. The maximum absolute atomic E-state index is 12.3. The number of halogens is 1. The normalized spacial score (nSPS) is 11.3. The molecule has 27 heavy (non-hydrogen) atoms. The molecule has 0 saturated heterocycles. The Morgan fingerprint density at radius 3 is 2.67 bits per heavy atom. The maximum atomic E-state index is 12.3. The molecule has 4 rings (SSSR count). The van der Waals surface area contributed by atoms with Gasteiger partial charge in [0.15, 0.2) is 16.0 Å². The van der Waals surface area contributed by atoms with Crippen LogP contribution in [0.25, 0.3) is 22.6 Å². The summed E-state index contributed by atoms with van der Waals surface area (Å²) in [6.07, 6.45) is 0. The fourth-order valence-electron chi connectivity index (χ4n) is 2.79. The second kappa shape index (κ2) is 7.04. The van der Waals surface area contributed by atoms with Crippen molar-refractivity contribution in [2.24, 2.45) is 0 Å². The molecule has 0 saturated carbocycles. The number of anilines is 1. The summed E-state index contributed by atoms with van der Waals surface area (Å²) in [5.74, 6) is 0.852. The lowest BCUT2D eigenvalue weighted by atomic mass is 10.0. The summed E-state index contributed by atoms with van der Waals surface area (Å²) >= 11 is 3.19. The number of aromatic nitrogens is 1. The number of hydrogen-bond acceptors (Lipinski definition) is 4. The van der Waals surface area contributed by atoms with Crippen LogP contribution in [-0.2, 0) is 0 Å². The van der Waals surface area contributed by atoms with Crippen LogP contribution in [-0.4, -0.2) is 10.9 Å². The lowest BCUT2D eigenvalue weighted by molar-refractivity contribution is 0.0995. The summed E-state index contributed by atoms with van der Waals surface area (Å²) in [4.78, 5) is 16.9. The van der Waals surface area contributed by atoms with Crippen molar-refractivity contribution in [3.05, 3.63) is 70.6 Å². The SMILES string of the molecule is CC(C)c1ccc2oc(-c3cccc(NC(=O)c4ccc(Br)o4)c3)nc2c1. The topological polar surface area (TPSA) is 68.3 Å². The van der Waals surface area contributed by atoms with E-state index in [4.69, 9.17) is 8.83 Å². The van der Waals surface area contributed by atoms with Crippen molar-refractivity contribution in [2.75, 3.05) is 5.32 Å². The number of oxazole rings is 1. The zero-order valence-corrected chi connectivity index (χ0v) is 16.4. The molecule has 1 amide bonds. The van der Waals surface area contributed by atoms with Crippen LogP contribution in [0, 0.1) is 0 Å². The van der Waals surface area contributed by atoms with Gasteiger partial charge in [0, 0.05) is 11.3 Å². The average Bonchev–Trinajstić information content (AvgIpc) is 3.27. The van der Waals surface area contributed by atoms with Gasteiger partial charge >= 0.3 is 0 Å². The van der Waals surface area contributed by atoms with E-state index in [1.54, 1.807) is 18.2 Å². The molecule has 2 aromatic carbocycles. The molecule has 5 nitrogen and oxygen atoms in total. The molecular formula is C21H17BrN2O3. The molecule has 0 spiro atoms. The molecule has 2 aromatic heterocycles. The standard InChI is InChI=1S/C21H17BrN2O3/c1-12(2)13-6-7-17-16(11-13)24-21(27-17)14-4-3-5-15(10-14)23-20(25)18-8-9-19(22)26-18/h3-12H,1-2H3,(H,23,25). The quantitative estimate of drug-likeness (QED) is 0.421. The van der Waals surface area contributed by atoms with Crippen LogP contribution in [0.15, 0.2) is 68.1 Å². The van der Waals surface area contributed by atoms with Crippen LogP contribution in [0.5, 0.6) is 0 Å². The first-order valence-electron chi connectivity index (χ1n) is 8.57. The maximum Gasteiger partial charge on any atom is 0.291 e. The Labute approximate surface area is 164 Å². The molecule has 0 radical (unpaired) electrons. The highest BCUT2D eigenvalue weighted by Gasteiger charge is 2.13. The van der Waals surface area contributed by atoms with Gasteiger partial charge in [0.1, 0.15) is 5.52 Å². The van der Waals surface area contributed by atoms with Crippen LogP contribution in [0.2, 0.25) is 0 Å². The number of nitrogens with one attached hydrogen (secondary N) is 1. The second-order valence-electron chi connectivity index (χ2n) is 6.54. The molecular weight excluding hydrogens is 408 g/mol. The third-order valence-electron chi connectivity index (χ3n) is 4.24. The summed E-state index contributed by atoms with van der Waals surface area (Å²) in [5.41, 5.74) is 4.20. The molecule has 4 aromatic rings. The Hall–Kier alpha value is -2.86. The van der Waals surface area contributed by atoms with Crippen molar-refractivity contribution in [3.8, 4) is 11.5 Å². The van der Waals surface area contributed by atoms with Crippen molar-refractivity contribution in [1.82, 2.24) is 4.98 Å². The number of hydrogen-bond donors (Lipinski definition) is 1. The van der Waals surface area contributed by atoms with Crippen molar-refractivity contribution >= 4 is 38.6 Å². The molecule has 2 heterocycles. The lowest BCUT2D eigenvalue weighted by Gasteiger charge is -2.04. The summed E-state index contributed by atoms with van der Waals surface area (Å²) < 4.78 is 11.7. The first-order valence-corrected chi connectivity index (χ1v) is 9.36. The first kappa shape index (κ1) is 17.5. The van der Waals surface area contributed by atoms with E-state index >= 15 is 0 Å². The molecule has 0 aliphatic rings. The molecule has 0 bridgehead atoms. The summed E-state index contributed by atoms with van der Waals surface area (Å²) in [5, 5.41) is 2.82. The Morgan fingerprint density at radius 1 is 1.07 bits per heavy atom. The van der Waals surface area contributed by atoms with Crippen molar-refractivity contribution in [1.29, 1.82) is 0 Å². The molecule has 0 fully saturated rings. The summed E-state index contributed by atoms with van der Waals surface area (Å²) in [6, 6.07) is 16.7. The van der Waals surface area contributed by atoms with Gasteiger partial charge in [-0.05, 0) is 69.9 Å². The molecule has 0 aliphatic heterocycles. The molecule has 6 heteroatoms. The molecule has 0 atom stereocenters. The van der Waals surface area contributed by atoms with Gasteiger partial charge in [0.2, 0.25) is 5.89 Å². The van der Waals surface area contributed by atoms with E-state index in [2.05, 4.69) is 46.1 Å². The molecule has 1 N–H and O–H groups in total. The largest absolute Gasteiger partial charge is 0.444 e. The number of amides is 1. The van der Waals surface area contributed by atoms with E-state index < -0.39 is 0 Å². The van der Waals surface area contributed by atoms with Crippen LogP contribution in [0.3, 0.4) is 0 Å². The number of fused-ring (bicyclic) bond motifs is 1. The van der Waals surface area contributed by atoms with Gasteiger partial charge in [-0.3, -0.25) is 4.79 Å². The van der Waals surface area contributed by atoms with Gasteiger partial charge in [-0.2, -0.15) is 0 Å². The van der Waals surface area contributed by atoms with Gasteiger partial charge in [0.05, 0.1) is 0 Å². The Bertz CT molecular complexity index is 1130. The lowest BCUT2D eigenvalue weighted by Crippen LogP contribution is -2.10. The summed E-state index contributed by atoms with van der Waals surface area (Å²) in [7, 11) is 0. The zero-order chi connectivity index (χ0) is 19.0. The Morgan fingerprint density at radius 2 is 1.93 bits per heavy atom. The third kappa shape index (κ3) is 3.66. The van der Waals surface area contributed by atoms with Crippen molar-refractivity contribution in [3.63, 3.8) is 0 Å². The zero-order valence-electron chi connectivity index (χ0n) is 14.8. The van der Waals surface area contributed by atoms with Crippen LogP contribution >= 0.6 is 15.9 Å². The highest BCUT2D eigenvalue weighted by molar-refractivity contribution is 9.10. The van der Waals surface area contributed by atoms with Crippen LogP contribution in [0.4, 0.5) is 5.69 Å². The fraction of sp³-hybridized carbons (Fsp3) is 0.143. The van der Waals surface area contributed by atoms with E-state index in [0.29, 0.717) is 22.2 Å². The van der Waals surface area contributed by atoms with Gasteiger partial charge in [-0.1, -0.05) is 26.0 Å². The van der Waals surface area contributed by atoms with Crippen molar-refractivity contribution in [2.45, 2.75) is 19.8 Å². The number of nitrogens with zero attached hydrogens (tertiary/aromatic N) is 1.